The maximum Gasteiger partial charge on any atom is 0.472 e. The fourth-order valence-electron chi connectivity index (χ4n) is 4.94. The fourth-order valence-corrected chi connectivity index (χ4v) is 5.71. The van der Waals surface area contributed by atoms with E-state index < -0.39 is 63.8 Å². The number of esters is 2. The van der Waals surface area contributed by atoms with Crippen molar-refractivity contribution in [1.29, 1.82) is 0 Å². The largest absolute Gasteiger partial charge is 0.480 e. The molecule has 0 amide bonds. The van der Waals surface area contributed by atoms with Crippen molar-refractivity contribution in [2.24, 2.45) is 5.73 Å². The van der Waals surface area contributed by atoms with E-state index in [4.69, 9.17) is 24.8 Å². The Balaban J connectivity index is 4.64. The minimum absolute atomic E-state index is 0.0656. The third kappa shape index (κ3) is 34.9. The van der Waals surface area contributed by atoms with E-state index in [2.05, 4.69) is 42.7 Å². The van der Waals surface area contributed by atoms with Crippen LogP contribution in [0.1, 0.15) is 149 Å². The summed E-state index contributed by atoms with van der Waals surface area (Å²) in [5, 5.41) is 19.1. The molecule has 0 fully saturated rings. The van der Waals surface area contributed by atoms with E-state index >= 15 is 0 Å². The van der Waals surface area contributed by atoms with Crippen LogP contribution in [0.3, 0.4) is 0 Å². The lowest BCUT2D eigenvalue weighted by Crippen LogP contribution is -2.34. The van der Waals surface area contributed by atoms with Gasteiger partial charge in [0.1, 0.15) is 12.6 Å². The van der Waals surface area contributed by atoms with Crippen molar-refractivity contribution in [3.05, 3.63) is 48.6 Å². The summed E-state index contributed by atoms with van der Waals surface area (Å²) in [6.07, 6.45) is 33.6. The fraction of sp³-hybridized carbons (Fsp3) is 0.725. The van der Waals surface area contributed by atoms with Crippen LogP contribution in [-0.4, -0.2) is 71.1 Å². The Morgan fingerprint density at radius 2 is 1.25 bits per heavy atom. The SMILES string of the molecule is CCCC/C=C\CCCCCCCC(=O)OC[C@H](COP(=O)(O)OC[C@H](N)C(=O)O)OC(=O)CCCC(O)/C=C/C=C/C/C=C/CCCCCCCC. The Morgan fingerprint density at radius 3 is 1.91 bits per heavy atom. The normalized spacial score (nSPS) is 15.0. The van der Waals surface area contributed by atoms with Crippen LogP contribution in [0, 0.1) is 0 Å². The number of carboxylic acid groups (broad SMARTS) is 1. The predicted molar refractivity (Wildman–Crippen MR) is 209 cm³/mol. The molecule has 0 aliphatic carbocycles. The highest BCUT2D eigenvalue weighted by atomic mass is 31.2. The zero-order valence-corrected chi connectivity index (χ0v) is 33.3. The van der Waals surface area contributed by atoms with E-state index in [0.717, 1.165) is 51.4 Å². The number of allylic oxidation sites excluding steroid dienone is 7. The van der Waals surface area contributed by atoms with Gasteiger partial charge in [0.25, 0.3) is 0 Å². The van der Waals surface area contributed by atoms with Crippen LogP contribution in [0.4, 0.5) is 0 Å². The molecular weight excluding hydrogens is 701 g/mol. The number of aliphatic hydroxyl groups excluding tert-OH is 1. The number of carboxylic acids is 1. The Hall–Kier alpha value is -2.60. The number of hydrogen-bond acceptors (Lipinski definition) is 10. The quantitative estimate of drug-likeness (QED) is 0.0156. The van der Waals surface area contributed by atoms with Crippen LogP contribution in [-0.2, 0) is 37.5 Å². The van der Waals surface area contributed by atoms with Crippen molar-refractivity contribution in [3.8, 4) is 0 Å². The molecule has 0 bridgehead atoms. The Labute approximate surface area is 318 Å². The minimum Gasteiger partial charge on any atom is -0.480 e. The van der Waals surface area contributed by atoms with E-state index in [-0.39, 0.29) is 12.8 Å². The molecule has 306 valence electrons. The second kappa shape index (κ2) is 35.1. The highest BCUT2D eigenvalue weighted by Gasteiger charge is 2.28. The number of unbranched alkanes of at least 4 members (excludes halogenated alkanes) is 13. The first kappa shape index (κ1) is 50.4. The van der Waals surface area contributed by atoms with E-state index in [0.29, 0.717) is 19.3 Å². The maximum atomic E-state index is 12.6. The molecule has 0 saturated heterocycles. The van der Waals surface area contributed by atoms with Crippen molar-refractivity contribution in [1.82, 2.24) is 0 Å². The number of rotatable bonds is 36. The van der Waals surface area contributed by atoms with Crippen molar-refractivity contribution in [2.75, 3.05) is 19.8 Å². The topological polar surface area (TPSA) is 192 Å². The first-order chi connectivity index (χ1) is 25.5. The van der Waals surface area contributed by atoms with Gasteiger partial charge in [-0.25, -0.2) is 4.57 Å². The van der Waals surface area contributed by atoms with Crippen molar-refractivity contribution in [3.63, 3.8) is 0 Å². The van der Waals surface area contributed by atoms with Crippen molar-refractivity contribution >= 4 is 25.7 Å². The molecule has 12 nitrogen and oxygen atoms in total. The molecule has 5 N–H and O–H groups in total. The van der Waals surface area contributed by atoms with Gasteiger partial charge in [0, 0.05) is 12.8 Å². The average Bonchev–Trinajstić information content (AvgIpc) is 3.12. The molecule has 0 aliphatic heterocycles. The van der Waals surface area contributed by atoms with Gasteiger partial charge in [-0.3, -0.25) is 23.4 Å². The van der Waals surface area contributed by atoms with E-state index in [1.165, 1.54) is 51.4 Å². The number of phosphoric acid groups is 1. The summed E-state index contributed by atoms with van der Waals surface area (Å²) in [6.45, 7) is 2.52. The van der Waals surface area contributed by atoms with E-state index in [9.17, 15) is 28.9 Å². The predicted octanol–water partition coefficient (Wildman–Crippen LogP) is 8.80. The molecule has 0 aromatic carbocycles. The van der Waals surface area contributed by atoms with Crippen molar-refractivity contribution in [2.45, 2.75) is 167 Å². The number of nitrogens with two attached hydrogens (primary N) is 1. The Morgan fingerprint density at radius 1 is 0.679 bits per heavy atom. The summed E-state index contributed by atoms with van der Waals surface area (Å²) in [5.41, 5.74) is 5.30. The molecule has 0 spiro atoms. The maximum absolute atomic E-state index is 12.6. The summed E-state index contributed by atoms with van der Waals surface area (Å²) in [7, 11) is -4.77. The lowest BCUT2D eigenvalue weighted by Gasteiger charge is -2.20. The molecule has 0 aliphatic rings. The lowest BCUT2D eigenvalue weighted by atomic mass is 10.1. The van der Waals surface area contributed by atoms with Crippen LogP contribution >= 0.6 is 7.82 Å². The van der Waals surface area contributed by atoms with Gasteiger partial charge < -0.3 is 30.3 Å². The molecule has 0 aromatic heterocycles. The van der Waals surface area contributed by atoms with Gasteiger partial charge in [0.2, 0.25) is 0 Å². The number of ether oxygens (including phenoxy) is 2. The summed E-state index contributed by atoms with van der Waals surface area (Å²) in [6, 6.07) is -1.55. The molecule has 0 rings (SSSR count). The number of phosphoric ester groups is 1. The monoisotopic (exact) mass is 771 g/mol. The van der Waals surface area contributed by atoms with Crippen LogP contribution in [0.25, 0.3) is 0 Å². The summed E-state index contributed by atoms with van der Waals surface area (Å²) in [5.74, 6) is -2.62. The average molecular weight is 772 g/mol. The second-order valence-corrected chi connectivity index (χ2v) is 14.7. The molecular formula is C40H70NO11P. The van der Waals surface area contributed by atoms with Crippen molar-refractivity contribution < 1.29 is 52.6 Å². The zero-order chi connectivity index (χ0) is 39.4. The Kier molecular flexibility index (Phi) is 33.4. The number of hydrogen-bond donors (Lipinski definition) is 4. The lowest BCUT2D eigenvalue weighted by molar-refractivity contribution is -0.161. The van der Waals surface area contributed by atoms with Gasteiger partial charge in [-0.15, -0.1) is 0 Å². The summed E-state index contributed by atoms with van der Waals surface area (Å²) in [4.78, 5) is 45.8. The second-order valence-electron chi connectivity index (χ2n) is 13.3. The zero-order valence-electron chi connectivity index (χ0n) is 32.5. The standard InChI is InChI=1S/C40H70NO11P/c1-3-5-7-9-11-13-15-16-18-19-21-23-25-28-35(42)29-27-31-39(44)52-36(33-50-53(47,48)51-34-37(41)40(45)46)32-49-38(43)30-26-24-22-20-17-14-12-10-8-6-4-2/h10,12,16,18,21,23,25,28,35-37,42H,3-9,11,13-15,17,19-20,22,24,26-27,29-34,41H2,1-2H3,(H,45,46)(H,47,48)/b12-10-,18-16+,23-21+,28-25+/t35?,36-,37+/m1/s1. The first-order valence-corrected chi connectivity index (χ1v) is 21.3. The molecule has 0 aromatic rings. The van der Waals surface area contributed by atoms with Gasteiger partial charge in [0.15, 0.2) is 6.10 Å². The van der Waals surface area contributed by atoms with Gasteiger partial charge in [-0.2, -0.15) is 0 Å². The number of carbonyl (C=O) groups excluding carboxylic acids is 2. The van der Waals surface area contributed by atoms with Gasteiger partial charge in [-0.05, 0) is 57.8 Å². The Bertz CT molecular complexity index is 1110. The highest BCUT2D eigenvalue weighted by Crippen LogP contribution is 2.43. The van der Waals surface area contributed by atoms with Gasteiger partial charge in [0.05, 0.1) is 19.3 Å². The summed E-state index contributed by atoms with van der Waals surface area (Å²) >= 11 is 0. The molecule has 4 atom stereocenters. The molecule has 2 unspecified atom stereocenters. The van der Waals surface area contributed by atoms with Crippen LogP contribution in [0.5, 0.6) is 0 Å². The highest BCUT2D eigenvalue weighted by molar-refractivity contribution is 7.47. The smallest absolute Gasteiger partial charge is 0.472 e. The third-order valence-electron chi connectivity index (χ3n) is 8.15. The van der Waals surface area contributed by atoms with Gasteiger partial charge >= 0.3 is 25.7 Å². The van der Waals surface area contributed by atoms with Crippen LogP contribution in [0.15, 0.2) is 48.6 Å². The third-order valence-corrected chi connectivity index (χ3v) is 9.10. The van der Waals surface area contributed by atoms with Crippen LogP contribution < -0.4 is 5.73 Å². The summed E-state index contributed by atoms with van der Waals surface area (Å²) < 4.78 is 32.4. The molecule has 0 radical (unpaired) electrons. The van der Waals surface area contributed by atoms with E-state index in [1.807, 2.05) is 12.2 Å². The molecule has 0 saturated carbocycles. The number of aliphatic hydroxyl groups is 1. The number of carbonyl (C=O) groups is 3. The molecule has 0 heterocycles. The molecule has 53 heavy (non-hydrogen) atoms. The van der Waals surface area contributed by atoms with E-state index in [1.54, 1.807) is 12.2 Å². The van der Waals surface area contributed by atoms with Crippen LogP contribution in [0.2, 0.25) is 0 Å². The van der Waals surface area contributed by atoms with Gasteiger partial charge in [-0.1, -0.05) is 127 Å². The first-order valence-electron chi connectivity index (χ1n) is 19.8. The number of aliphatic carboxylic acids is 1. The molecule has 13 heteroatoms. The minimum atomic E-state index is -4.77.